The van der Waals surface area contributed by atoms with E-state index in [0.29, 0.717) is 29.8 Å². The minimum absolute atomic E-state index is 0.339. The summed E-state index contributed by atoms with van der Waals surface area (Å²) >= 11 is 0. The Kier molecular flexibility index (Phi) is 6.48. The third-order valence-electron chi connectivity index (χ3n) is 3.09. The molecule has 20 heavy (non-hydrogen) atoms. The monoisotopic (exact) mass is 280 g/mol. The van der Waals surface area contributed by atoms with Gasteiger partial charge >= 0.3 is 0 Å². The van der Waals surface area contributed by atoms with Crippen LogP contribution in [0.5, 0.6) is 0 Å². The van der Waals surface area contributed by atoms with Crippen LogP contribution >= 0.6 is 0 Å². The van der Waals surface area contributed by atoms with Crippen molar-refractivity contribution in [3.63, 3.8) is 0 Å². The van der Waals surface area contributed by atoms with E-state index in [2.05, 4.69) is 65.1 Å². The molecule has 0 spiro atoms. The van der Waals surface area contributed by atoms with Crippen LogP contribution in [0.15, 0.2) is 0 Å². The zero-order valence-electron chi connectivity index (χ0n) is 13.6. The van der Waals surface area contributed by atoms with Crippen LogP contribution in [-0.2, 0) is 0 Å². The summed E-state index contributed by atoms with van der Waals surface area (Å²) in [4.78, 5) is 15.4. The van der Waals surface area contributed by atoms with Crippen molar-refractivity contribution in [2.24, 2.45) is 5.92 Å². The van der Waals surface area contributed by atoms with Crippen molar-refractivity contribution in [3.8, 4) is 0 Å². The van der Waals surface area contributed by atoms with E-state index >= 15 is 0 Å². The fourth-order valence-corrected chi connectivity index (χ4v) is 2.18. The lowest BCUT2D eigenvalue weighted by Crippen LogP contribution is -2.26. The van der Waals surface area contributed by atoms with E-state index in [1.807, 2.05) is 7.05 Å². The van der Waals surface area contributed by atoms with Gasteiger partial charge in [-0.05, 0) is 33.1 Å². The Morgan fingerprint density at radius 2 is 1.60 bits per heavy atom. The van der Waals surface area contributed by atoms with E-state index in [9.17, 15) is 0 Å². The average molecular weight is 280 g/mol. The predicted molar refractivity (Wildman–Crippen MR) is 85.5 cm³/mol. The third-order valence-corrected chi connectivity index (χ3v) is 3.09. The van der Waals surface area contributed by atoms with Crippen molar-refractivity contribution < 1.29 is 0 Å². The summed E-state index contributed by atoms with van der Waals surface area (Å²) in [6.45, 7) is 12.5. The highest BCUT2D eigenvalue weighted by molar-refractivity contribution is 5.43. The fraction of sp³-hybridized carbons (Fsp3) is 0.786. The second kappa shape index (κ2) is 7.87. The molecule has 1 atom stereocenters. The van der Waals surface area contributed by atoms with E-state index in [4.69, 9.17) is 0 Å². The Morgan fingerprint density at radius 1 is 1.00 bits per heavy atom. The van der Waals surface area contributed by atoms with Gasteiger partial charge in [-0.25, -0.2) is 0 Å². The predicted octanol–water partition coefficient (Wildman–Crippen LogP) is 2.61. The summed E-state index contributed by atoms with van der Waals surface area (Å²) in [7, 11) is 1.82. The Morgan fingerprint density at radius 3 is 2.10 bits per heavy atom. The lowest BCUT2D eigenvalue weighted by Gasteiger charge is -2.21. The molecule has 6 nitrogen and oxygen atoms in total. The van der Waals surface area contributed by atoms with E-state index in [-0.39, 0.29) is 0 Å². The zero-order valence-corrected chi connectivity index (χ0v) is 13.6. The first-order chi connectivity index (χ1) is 9.49. The van der Waals surface area contributed by atoms with Crippen molar-refractivity contribution in [2.45, 2.75) is 47.1 Å². The molecular weight excluding hydrogens is 252 g/mol. The highest BCUT2D eigenvalue weighted by atomic mass is 15.3. The van der Waals surface area contributed by atoms with Crippen LogP contribution in [0.3, 0.4) is 0 Å². The Hall–Kier alpha value is -1.59. The topological polar surface area (TPSA) is 66.0 Å². The molecule has 0 fully saturated rings. The Bertz CT molecular complexity index is 403. The molecular formula is C14H28N6. The molecule has 114 valence electrons. The molecule has 0 amide bonds. The van der Waals surface area contributed by atoms with Gasteiger partial charge in [0.2, 0.25) is 17.8 Å². The summed E-state index contributed by atoms with van der Waals surface area (Å²) in [5.41, 5.74) is 0. The second-order valence-corrected chi connectivity index (χ2v) is 5.38. The summed E-state index contributed by atoms with van der Waals surface area (Å²) in [5, 5.41) is 6.36. The molecule has 0 aromatic carbocycles. The van der Waals surface area contributed by atoms with E-state index < -0.39 is 0 Å². The molecule has 1 heterocycles. The van der Waals surface area contributed by atoms with E-state index in [1.54, 1.807) is 0 Å². The number of aromatic nitrogens is 3. The number of rotatable bonds is 8. The normalized spacial score (nSPS) is 12.3. The van der Waals surface area contributed by atoms with Gasteiger partial charge in [0.25, 0.3) is 0 Å². The molecule has 0 aliphatic carbocycles. The van der Waals surface area contributed by atoms with Crippen LogP contribution in [0.1, 0.15) is 41.0 Å². The number of hydrogen-bond acceptors (Lipinski definition) is 6. The molecule has 0 saturated carbocycles. The molecule has 0 aliphatic heterocycles. The molecule has 0 radical (unpaired) electrons. The van der Waals surface area contributed by atoms with Crippen LogP contribution in [0, 0.1) is 5.92 Å². The molecule has 1 aromatic heterocycles. The van der Waals surface area contributed by atoms with E-state index in [1.165, 1.54) is 0 Å². The molecule has 1 unspecified atom stereocenters. The molecule has 6 heteroatoms. The molecule has 1 rings (SSSR count). The van der Waals surface area contributed by atoms with Crippen molar-refractivity contribution in [2.75, 3.05) is 35.7 Å². The van der Waals surface area contributed by atoms with Gasteiger partial charge in [-0.1, -0.05) is 13.8 Å². The summed E-state index contributed by atoms with van der Waals surface area (Å²) in [6.07, 6.45) is 1.08. The van der Waals surface area contributed by atoms with Gasteiger partial charge in [0, 0.05) is 26.2 Å². The number of nitrogens with zero attached hydrogens (tertiary/aromatic N) is 4. The van der Waals surface area contributed by atoms with Gasteiger partial charge in [-0.3, -0.25) is 0 Å². The van der Waals surface area contributed by atoms with Gasteiger partial charge in [0.15, 0.2) is 0 Å². The molecule has 0 aliphatic rings. The third kappa shape index (κ3) is 4.83. The molecule has 0 saturated heterocycles. The van der Waals surface area contributed by atoms with Crippen molar-refractivity contribution in [1.29, 1.82) is 0 Å². The first kappa shape index (κ1) is 16.5. The zero-order chi connectivity index (χ0) is 15.1. The number of anilines is 3. The minimum atomic E-state index is 0.339. The first-order valence-electron chi connectivity index (χ1n) is 7.45. The maximum atomic E-state index is 4.52. The van der Waals surface area contributed by atoms with Crippen molar-refractivity contribution in [3.05, 3.63) is 0 Å². The van der Waals surface area contributed by atoms with E-state index in [0.717, 1.165) is 19.5 Å². The molecule has 2 N–H and O–H groups in total. The van der Waals surface area contributed by atoms with Crippen LogP contribution in [-0.4, -0.2) is 41.1 Å². The lowest BCUT2D eigenvalue weighted by atomic mass is 10.1. The lowest BCUT2D eigenvalue weighted by molar-refractivity contribution is 0.537. The largest absolute Gasteiger partial charge is 0.357 e. The summed E-state index contributed by atoms with van der Waals surface area (Å²) in [5.74, 6) is 2.60. The Balaban J connectivity index is 2.92. The minimum Gasteiger partial charge on any atom is -0.357 e. The van der Waals surface area contributed by atoms with Gasteiger partial charge in [-0.15, -0.1) is 0 Å². The number of hydrogen-bond donors (Lipinski definition) is 2. The SMILES string of the molecule is CCN(CC)c1nc(NC)nc(NC(C)CC(C)C)n1. The van der Waals surface area contributed by atoms with Crippen LogP contribution < -0.4 is 15.5 Å². The molecule has 0 bridgehead atoms. The average Bonchev–Trinajstić information content (AvgIpc) is 2.38. The highest BCUT2D eigenvalue weighted by Crippen LogP contribution is 2.15. The van der Waals surface area contributed by atoms with Crippen molar-refractivity contribution in [1.82, 2.24) is 15.0 Å². The van der Waals surface area contributed by atoms with Crippen LogP contribution in [0.25, 0.3) is 0 Å². The maximum Gasteiger partial charge on any atom is 0.231 e. The van der Waals surface area contributed by atoms with Gasteiger partial charge < -0.3 is 15.5 Å². The standard InChI is InChI=1S/C14H28N6/c1-7-20(8-2)14-18-12(15-6)17-13(19-14)16-11(5)9-10(3)4/h10-11H,7-9H2,1-6H3,(H2,15,16,17,18,19). The highest BCUT2D eigenvalue weighted by Gasteiger charge is 2.12. The van der Waals surface area contributed by atoms with Gasteiger partial charge in [0.1, 0.15) is 0 Å². The van der Waals surface area contributed by atoms with Gasteiger partial charge in [-0.2, -0.15) is 15.0 Å². The maximum absolute atomic E-state index is 4.52. The smallest absolute Gasteiger partial charge is 0.231 e. The second-order valence-electron chi connectivity index (χ2n) is 5.38. The quantitative estimate of drug-likeness (QED) is 0.763. The van der Waals surface area contributed by atoms with Crippen molar-refractivity contribution >= 4 is 17.8 Å². The summed E-state index contributed by atoms with van der Waals surface area (Å²) < 4.78 is 0. The fourth-order valence-electron chi connectivity index (χ4n) is 2.18. The summed E-state index contributed by atoms with van der Waals surface area (Å²) in [6, 6.07) is 0.339. The van der Waals surface area contributed by atoms with Crippen LogP contribution in [0.4, 0.5) is 17.8 Å². The number of nitrogens with one attached hydrogen (secondary N) is 2. The first-order valence-corrected chi connectivity index (χ1v) is 7.45. The Labute approximate surface area is 122 Å². The van der Waals surface area contributed by atoms with Crippen LogP contribution in [0.2, 0.25) is 0 Å². The van der Waals surface area contributed by atoms with Gasteiger partial charge in [0.05, 0.1) is 0 Å². The molecule has 1 aromatic rings.